The summed E-state index contributed by atoms with van der Waals surface area (Å²) in [5.74, 6) is -1.27. The molecule has 0 amide bonds. The SMILES string of the molecule is CN/N=C(\CC(Cl)n1cnc(C(F)(F)F)c(Oc2cc(Cl)cc(C#N)c2)c1=O)OC. The van der Waals surface area contributed by atoms with Crippen LogP contribution in [0.15, 0.2) is 34.4 Å². The van der Waals surface area contributed by atoms with E-state index in [1.165, 1.54) is 20.2 Å². The molecule has 0 bridgehead atoms. The highest BCUT2D eigenvalue weighted by atomic mass is 35.5. The lowest BCUT2D eigenvalue weighted by Gasteiger charge is -2.17. The minimum absolute atomic E-state index is 0.0264. The fourth-order valence-corrected chi connectivity index (χ4v) is 2.78. The molecule has 1 atom stereocenters. The number of benzene rings is 1. The molecule has 1 heterocycles. The summed E-state index contributed by atoms with van der Waals surface area (Å²) in [7, 11) is 2.81. The van der Waals surface area contributed by atoms with Gasteiger partial charge in [-0.1, -0.05) is 23.2 Å². The first kappa shape index (κ1) is 23.3. The van der Waals surface area contributed by atoms with Gasteiger partial charge in [0.2, 0.25) is 11.6 Å². The standard InChI is InChI=1S/C17H14Cl2F3N5O3/c1-24-26-13(29-2)6-12(19)27-8-25-15(17(20,21)22)14(16(27)28)30-11-4-9(7-23)3-10(18)5-11/h3-5,8,12,24H,6H2,1-2H3/b26-13+. The first-order valence-electron chi connectivity index (χ1n) is 8.09. The van der Waals surface area contributed by atoms with Crippen molar-refractivity contribution in [1.29, 1.82) is 5.26 Å². The number of hydrogen-bond acceptors (Lipinski definition) is 7. The summed E-state index contributed by atoms with van der Waals surface area (Å²) in [6, 6.07) is 5.35. The minimum Gasteiger partial charge on any atom is -0.483 e. The number of aromatic nitrogens is 2. The first-order valence-corrected chi connectivity index (χ1v) is 8.90. The smallest absolute Gasteiger partial charge is 0.437 e. The molecule has 8 nitrogen and oxygen atoms in total. The Morgan fingerprint density at radius 1 is 1.43 bits per heavy atom. The molecule has 1 N–H and O–H groups in total. The van der Waals surface area contributed by atoms with Gasteiger partial charge < -0.3 is 14.9 Å². The van der Waals surface area contributed by atoms with Crippen molar-refractivity contribution < 1.29 is 22.6 Å². The fourth-order valence-electron chi connectivity index (χ4n) is 2.29. The predicted molar refractivity (Wildman–Crippen MR) is 103 cm³/mol. The van der Waals surface area contributed by atoms with Gasteiger partial charge in [0.15, 0.2) is 5.69 Å². The third-order valence-corrected chi connectivity index (χ3v) is 4.14. The number of nitrogens with one attached hydrogen (secondary N) is 1. The van der Waals surface area contributed by atoms with Crippen LogP contribution in [0.2, 0.25) is 5.02 Å². The van der Waals surface area contributed by atoms with Crippen LogP contribution in [-0.2, 0) is 10.9 Å². The largest absolute Gasteiger partial charge is 0.483 e. The summed E-state index contributed by atoms with van der Waals surface area (Å²) in [5.41, 5.74) is -1.44. The molecule has 0 saturated heterocycles. The Morgan fingerprint density at radius 3 is 2.70 bits per heavy atom. The van der Waals surface area contributed by atoms with Gasteiger partial charge in [-0.15, -0.1) is 5.10 Å². The summed E-state index contributed by atoms with van der Waals surface area (Å²) in [5, 5.41) is 12.8. The number of nitriles is 1. The lowest BCUT2D eigenvalue weighted by molar-refractivity contribution is -0.142. The molecular formula is C17H14Cl2F3N5O3. The molecule has 2 aromatic rings. The van der Waals surface area contributed by atoms with Crippen LogP contribution < -0.4 is 15.7 Å². The molecule has 0 aliphatic rings. The number of alkyl halides is 4. The Balaban J connectivity index is 2.56. The van der Waals surface area contributed by atoms with E-state index in [1.54, 1.807) is 6.07 Å². The summed E-state index contributed by atoms with van der Waals surface area (Å²) < 4.78 is 51.1. The van der Waals surface area contributed by atoms with Crippen LogP contribution in [0.4, 0.5) is 13.2 Å². The van der Waals surface area contributed by atoms with Crippen molar-refractivity contribution >= 4 is 29.1 Å². The summed E-state index contributed by atoms with van der Waals surface area (Å²) in [6.45, 7) is 0. The number of hydrazone groups is 1. The van der Waals surface area contributed by atoms with Gasteiger partial charge in [-0.25, -0.2) is 4.98 Å². The van der Waals surface area contributed by atoms with E-state index in [1.807, 2.05) is 0 Å². The second-order valence-electron chi connectivity index (χ2n) is 5.59. The van der Waals surface area contributed by atoms with E-state index in [2.05, 4.69) is 15.5 Å². The first-order chi connectivity index (χ1) is 14.1. The van der Waals surface area contributed by atoms with Gasteiger partial charge in [0.25, 0.3) is 5.56 Å². The van der Waals surface area contributed by atoms with Crippen molar-refractivity contribution in [2.24, 2.45) is 5.10 Å². The number of nitrogens with zero attached hydrogens (tertiary/aromatic N) is 4. The summed E-state index contributed by atoms with van der Waals surface area (Å²) >= 11 is 12.0. The molecule has 160 valence electrons. The van der Waals surface area contributed by atoms with E-state index in [9.17, 15) is 18.0 Å². The Bertz CT molecular complexity index is 1050. The van der Waals surface area contributed by atoms with Gasteiger partial charge >= 0.3 is 6.18 Å². The molecule has 1 unspecified atom stereocenters. The average Bonchev–Trinajstić information content (AvgIpc) is 2.67. The van der Waals surface area contributed by atoms with Gasteiger partial charge in [0.05, 0.1) is 31.5 Å². The maximum absolute atomic E-state index is 13.4. The molecule has 2 rings (SSSR count). The topological polar surface area (TPSA) is 102 Å². The van der Waals surface area contributed by atoms with Gasteiger partial charge in [0.1, 0.15) is 11.3 Å². The zero-order valence-electron chi connectivity index (χ0n) is 15.5. The lowest BCUT2D eigenvalue weighted by Crippen LogP contribution is -2.28. The van der Waals surface area contributed by atoms with Crippen molar-refractivity contribution in [1.82, 2.24) is 15.0 Å². The van der Waals surface area contributed by atoms with Crippen LogP contribution in [0.5, 0.6) is 11.5 Å². The highest BCUT2D eigenvalue weighted by Crippen LogP contribution is 2.35. The zero-order chi connectivity index (χ0) is 22.5. The van der Waals surface area contributed by atoms with Crippen LogP contribution in [0.1, 0.15) is 23.2 Å². The van der Waals surface area contributed by atoms with Crippen molar-refractivity contribution in [3.63, 3.8) is 0 Å². The summed E-state index contributed by atoms with van der Waals surface area (Å²) in [6.07, 6.45) is -4.47. The third-order valence-electron chi connectivity index (χ3n) is 3.56. The quantitative estimate of drug-likeness (QED) is 0.301. The normalized spacial score (nSPS) is 12.8. The predicted octanol–water partition coefficient (Wildman–Crippen LogP) is 3.89. The number of hydrogen-bond donors (Lipinski definition) is 1. The second kappa shape index (κ2) is 9.69. The molecule has 0 aliphatic heterocycles. The van der Waals surface area contributed by atoms with Crippen molar-refractivity contribution in [2.45, 2.75) is 18.1 Å². The van der Waals surface area contributed by atoms with E-state index < -0.39 is 28.7 Å². The van der Waals surface area contributed by atoms with Crippen molar-refractivity contribution in [3.8, 4) is 17.6 Å². The molecule has 0 saturated carbocycles. The maximum Gasteiger partial charge on any atom is 0.437 e. The Kier molecular flexibility index (Phi) is 7.53. The average molecular weight is 464 g/mol. The van der Waals surface area contributed by atoms with Crippen LogP contribution in [-0.4, -0.2) is 29.6 Å². The number of rotatable bonds is 6. The van der Waals surface area contributed by atoms with Crippen molar-refractivity contribution in [2.75, 3.05) is 14.2 Å². The van der Waals surface area contributed by atoms with Crippen LogP contribution >= 0.6 is 23.2 Å². The van der Waals surface area contributed by atoms with E-state index >= 15 is 0 Å². The second-order valence-corrected chi connectivity index (χ2v) is 6.53. The van der Waals surface area contributed by atoms with E-state index in [0.717, 1.165) is 16.7 Å². The molecule has 1 aromatic carbocycles. The molecule has 1 aromatic heterocycles. The molecule has 13 heteroatoms. The Morgan fingerprint density at radius 2 is 2.13 bits per heavy atom. The Hall–Kier alpha value is -2.97. The van der Waals surface area contributed by atoms with Crippen molar-refractivity contribution in [3.05, 3.63) is 51.2 Å². The van der Waals surface area contributed by atoms with Gasteiger partial charge in [-0.3, -0.25) is 9.36 Å². The highest BCUT2D eigenvalue weighted by Gasteiger charge is 2.39. The van der Waals surface area contributed by atoms with Crippen LogP contribution in [0, 0.1) is 11.3 Å². The number of halogens is 5. The summed E-state index contributed by atoms with van der Waals surface area (Å²) in [4.78, 5) is 16.1. The fraction of sp³-hybridized carbons (Fsp3) is 0.294. The molecule has 0 spiro atoms. The van der Waals surface area contributed by atoms with Gasteiger partial charge in [-0.2, -0.15) is 18.4 Å². The number of ether oxygens (including phenoxy) is 2. The molecule has 30 heavy (non-hydrogen) atoms. The highest BCUT2D eigenvalue weighted by molar-refractivity contribution is 6.30. The van der Waals surface area contributed by atoms with E-state index in [-0.39, 0.29) is 28.7 Å². The lowest BCUT2D eigenvalue weighted by atomic mass is 10.2. The maximum atomic E-state index is 13.4. The van der Waals surface area contributed by atoms with E-state index in [0.29, 0.717) is 6.33 Å². The molecule has 0 radical (unpaired) electrons. The Labute approximate surface area is 178 Å². The van der Waals surface area contributed by atoms with E-state index in [4.69, 9.17) is 37.9 Å². The minimum atomic E-state index is -4.99. The zero-order valence-corrected chi connectivity index (χ0v) is 17.0. The van der Waals surface area contributed by atoms with Crippen LogP contribution in [0.3, 0.4) is 0 Å². The third kappa shape index (κ3) is 5.55. The molecular weight excluding hydrogens is 450 g/mol. The van der Waals surface area contributed by atoms with Gasteiger partial charge in [0, 0.05) is 12.1 Å². The number of methoxy groups -OCH3 is 1. The van der Waals surface area contributed by atoms with Crippen LogP contribution in [0.25, 0.3) is 0 Å². The molecule has 0 fully saturated rings. The van der Waals surface area contributed by atoms with Gasteiger partial charge in [-0.05, 0) is 18.2 Å². The molecule has 0 aliphatic carbocycles. The monoisotopic (exact) mass is 463 g/mol.